The Morgan fingerprint density at radius 2 is 1.64 bits per heavy atom. The maximum atomic E-state index is 12.8. The first-order valence-electron chi connectivity index (χ1n) is 8.83. The van der Waals surface area contributed by atoms with Gasteiger partial charge in [0.2, 0.25) is 5.91 Å². The highest BCUT2D eigenvalue weighted by molar-refractivity contribution is 5.95. The minimum Gasteiger partial charge on any atom is -0.352 e. The molecule has 0 aliphatic carbocycles. The molecule has 0 bridgehead atoms. The largest absolute Gasteiger partial charge is 0.352 e. The molecule has 0 spiro atoms. The standard InChI is InChI=1S/C21H24N2O2/c1-16-12-13-19(23(16)21(25)18-10-6-3-7-11-18)14-20(24)22-15-17-8-4-2-5-9-17/h2-11,16,19H,12-15H2,1H3,(H,22,24)/t16-,19+/m0/s1. The Labute approximate surface area is 148 Å². The third-order valence-corrected chi connectivity index (χ3v) is 4.79. The van der Waals surface area contributed by atoms with E-state index in [2.05, 4.69) is 12.2 Å². The van der Waals surface area contributed by atoms with Crippen molar-refractivity contribution in [1.29, 1.82) is 0 Å². The van der Waals surface area contributed by atoms with Crippen LogP contribution in [0.4, 0.5) is 0 Å². The first-order chi connectivity index (χ1) is 12.1. The molecule has 2 aromatic carbocycles. The van der Waals surface area contributed by atoms with Crippen molar-refractivity contribution in [3.8, 4) is 0 Å². The van der Waals surface area contributed by atoms with E-state index >= 15 is 0 Å². The van der Waals surface area contributed by atoms with Crippen molar-refractivity contribution >= 4 is 11.8 Å². The van der Waals surface area contributed by atoms with Gasteiger partial charge in [0.05, 0.1) is 0 Å². The predicted molar refractivity (Wildman–Crippen MR) is 98.0 cm³/mol. The van der Waals surface area contributed by atoms with Gasteiger partial charge < -0.3 is 10.2 Å². The third-order valence-electron chi connectivity index (χ3n) is 4.79. The lowest BCUT2D eigenvalue weighted by atomic mass is 10.1. The van der Waals surface area contributed by atoms with Crippen molar-refractivity contribution in [3.63, 3.8) is 0 Å². The normalized spacial score (nSPS) is 19.6. The Kier molecular flexibility index (Phi) is 5.49. The number of carbonyl (C=O) groups excluding carboxylic acids is 2. The van der Waals surface area contributed by atoms with Crippen LogP contribution in [-0.4, -0.2) is 28.8 Å². The molecule has 0 saturated carbocycles. The number of benzene rings is 2. The minimum atomic E-state index is -0.0292. The quantitative estimate of drug-likeness (QED) is 0.910. The van der Waals surface area contributed by atoms with Gasteiger partial charge in [0.25, 0.3) is 5.91 Å². The summed E-state index contributed by atoms with van der Waals surface area (Å²) in [7, 11) is 0. The first kappa shape index (κ1) is 17.2. The summed E-state index contributed by atoms with van der Waals surface area (Å²) in [6.07, 6.45) is 2.17. The van der Waals surface area contributed by atoms with Crippen LogP contribution in [0.25, 0.3) is 0 Å². The molecule has 3 rings (SSSR count). The van der Waals surface area contributed by atoms with E-state index in [0.717, 1.165) is 18.4 Å². The van der Waals surface area contributed by atoms with Gasteiger partial charge in [-0.25, -0.2) is 0 Å². The minimum absolute atomic E-state index is 0.00573. The van der Waals surface area contributed by atoms with Crippen LogP contribution in [0.15, 0.2) is 60.7 Å². The fourth-order valence-corrected chi connectivity index (χ4v) is 3.45. The van der Waals surface area contributed by atoms with Crippen LogP contribution in [0.3, 0.4) is 0 Å². The van der Waals surface area contributed by atoms with Gasteiger partial charge >= 0.3 is 0 Å². The van der Waals surface area contributed by atoms with Gasteiger partial charge in [0.15, 0.2) is 0 Å². The zero-order valence-electron chi connectivity index (χ0n) is 14.5. The van der Waals surface area contributed by atoms with Gasteiger partial charge in [-0.05, 0) is 37.5 Å². The molecule has 0 radical (unpaired) electrons. The molecule has 2 aromatic rings. The van der Waals surface area contributed by atoms with Crippen LogP contribution in [0.1, 0.15) is 42.1 Å². The van der Waals surface area contributed by atoms with Crippen molar-refractivity contribution in [2.45, 2.75) is 44.8 Å². The van der Waals surface area contributed by atoms with Gasteiger partial charge in [-0.2, -0.15) is 0 Å². The molecule has 4 heteroatoms. The molecule has 0 aromatic heterocycles. The smallest absolute Gasteiger partial charge is 0.254 e. The average molecular weight is 336 g/mol. The van der Waals surface area contributed by atoms with Crippen LogP contribution in [0.5, 0.6) is 0 Å². The second kappa shape index (κ2) is 7.97. The lowest BCUT2D eigenvalue weighted by Crippen LogP contribution is -2.42. The van der Waals surface area contributed by atoms with Gasteiger partial charge in [0, 0.05) is 30.6 Å². The molecule has 25 heavy (non-hydrogen) atoms. The van der Waals surface area contributed by atoms with E-state index in [-0.39, 0.29) is 23.9 Å². The molecule has 0 unspecified atom stereocenters. The van der Waals surface area contributed by atoms with E-state index in [1.165, 1.54) is 0 Å². The maximum absolute atomic E-state index is 12.8. The lowest BCUT2D eigenvalue weighted by Gasteiger charge is -2.28. The predicted octanol–water partition coefficient (Wildman–Crippen LogP) is 3.39. The summed E-state index contributed by atoms with van der Waals surface area (Å²) in [4.78, 5) is 27.0. The highest BCUT2D eigenvalue weighted by atomic mass is 16.2. The van der Waals surface area contributed by atoms with Gasteiger partial charge in [0.1, 0.15) is 0 Å². The van der Waals surface area contributed by atoms with Crippen molar-refractivity contribution in [1.82, 2.24) is 10.2 Å². The Morgan fingerprint density at radius 3 is 2.32 bits per heavy atom. The van der Waals surface area contributed by atoms with E-state index in [1.54, 1.807) is 0 Å². The first-order valence-corrected chi connectivity index (χ1v) is 8.83. The molecular formula is C21H24N2O2. The SMILES string of the molecule is C[C@H]1CC[C@H](CC(=O)NCc2ccccc2)N1C(=O)c1ccccc1. The van der Waals surface area contributed by atoms with Crippen molar-refractivity contribution in [2.24, 2.45) is 0 Å². The lowest BCUT2D eigenvalue weighted by molar-refractivity contribution is -0.122. The van der Waals surface area contributed by atoms with E-state index in [1.807, 2.05) is 65.6 Å². The molecule has 2 amide bonds. The molecule has 130 valence electrons. The number of rotatable bonds is 5. The summed E-state index contributed by atoms with van der Waals surface area (Å²) in [5.74, 6) is 0.0141. The van der Waals surface area contributed by atoms with Crippen LogP contribution < -0.4 is 5.32 Å². The van der Waals surface area contributed by atoms with Gasteiger partial charge in [-0.1, -0.05) is 48.5 Å². The second-order valence-electron chi connectivity index (χ2n) is 6.63. The van der Waals surface area contributed by atoms with E-state index in [0.29, 0.717) is 18.5 Å². The van der Waals surface area contributed by atoms with Crippen molar-refractivity contribution < 1.29 is 9.59 Å². The van der Waals surface area contributed by atoms with Crippen LogP contribution in [0.2, 0.25) is 0 Å². The van der Waals surface area contributed by atoms with Gasteiger partial charge in [-0.15, -0.1) is 0 Å². The van der Waals surface area contributed by atoms with Crippen LogP contribution >= 0.6 is 0 Å². The molecular weight excluding hydrogens is 312 g/mol. The zero-order chi connectivity index (χ0) is 17.6. The molecule has 4 nitrogen and oxygen atoms in total. The molecule has 1 heterocycles. The van der Waals surface area contributed by atoms with Crippen LogP contribution in [0, 0.1) is 0 Å². The molecule has 1 fully saturated rings. The highest BCUT2D eigenvalue weighted by Crippen LogP contribution is 2.28. The van der Waals surface area contributed by atoms with Gasteiger partial charge in [-0.3, -0.25) is 9.59 Å². The number of likely N-dealkylation sites (tertiary alicyclic amines) is 1. The molecule has 1 aliphatic heterocycles. The zero-order valence-corrected chi connectivity index (χ0v) is 14.5. The molecule has 2 atom stereocenters. The number of nitrogens with zero attached hydrogens (tertiary/aromatic N) is 1. The van der Waals surface area contributed by atoms with E-state index in [4.69, 9.17) is 0 Å². The highest BCUT2D eigenvalue weighted by Gasteiger charge is 2.35. The van der Waals surface area contributed by atoms with E-state index in [9.17, 15) is 9.59 Å². The summed E-state index contributed by atoms with van der Waals surface area (Å²) in [5.41, 5.74) is 1.76. The Hall–Kier alpha value is -2.62. The van der Waals surface area contributed by atoms with E-state index < -0.39 is 0 Å². The van der Waals surface area contributed by atoms with Crippen molar-refractivity contribution in [2.75, 3.05) is 0 Å². The Morgan fingerprint density at radius 1 is 1.00 bits per heavy atom. The van der Waals surface area contributed by atoms with Crippen molar-refractivity contribution in [3.05, 3.63) is 71.8 Å². The fourth-order valence-electron chi connectivity index (χ4n) is 3.45. The van der Waals surface area contributed by atoms with Crippen LogP contribution in [-0.2, 0) is 11.3 Å². The summed E-state index contributed by atoms with van der Waals surface area (Å²) >= 11 is 0. The number of hydrogen-bond acceptors (Lipinski definition) is 2. The fraction of sp³-hybridized carbons (Fsp3) is 0.333. The Bertz CT molecular complexity index is 715. The molecule has 1 N–H and O–H groups in total. The summed E-state index contributed by atoms with van der Waals surface area (Å²) in [5, 5.41) is 2.96. The summed E-state index contributed by atoms with van der Waals surface area (Å²) in [6, 6.07) is 19.3. The number of hydrogen-bond donors (Lipinski definition) is 1. The second-order valence-corrected chi connectivity index (χ2v) is 6.63. The summed E-state index contributed by atoms with van der Waals surface area (Å²) in [6.45, 7) is 2.58. The number of nitrogens with one attached hydrogen (secondary N) is 1. The average Bonchev–Trinajstić information content (AvgIpc) is 3.01. The number of amides is 2. The monoisotopic (exact) mass is 336 g/mol. The third kappa shape index (κ3) is 4.27. The topological polar surface area (TPSA) is 49.4 Å². The Balaban J connectivity index is 1.60. The summed E-state index contributed by atoms with van der Waals surface area (Å²) < 4.78 is 0. The molecule has 1 saturated heterocycles. The number of carbonyl (C=O) groups is 2. The molecule has 1 aliphatic rings. The maximum Gasteiger partial charge on any atom is 0.254 e.